The first-order valence-corrected chi connectivity index (χ1v) is 8.38. The summed E-state index contributed by atoms with van der Waals surface area (Å²) in [7, 11) is 0. The van der Waals surface area contributed by atoms with Gasteiger partial charge in [-0.2, -0.15) is 0 Å². The van der Waals surface area contributed by atoms with Crippen molar-refractivity contribution in [1.82, 2.24) is 9.97 Å². The van der Waals surface area contributed by atoms with Crippen molar-refractivity contribution in [3.63, 3.8) is 0 Å². The molecule has 0 saturated heterocycles. The maximum Gasteiger partial charge on any atom is 0.573 e. The Balaban J connectivity index is 1.83. The molecule has 3 aromatic rings. The number of pyridine rings is 2. The molecule has 0 unspecified atom stereocenters. The van der Waals surface area contributed by atoms with E-state index in [1.165, 1.54) is 37.5 Å². The molecule has 2 heterocycles. The molecule has 2 aromatic heterocycles. The summed E-state index contributed by atoms with van der Waals surface area (Å²) in [5.74, 6) is -1.31. The van der Waals surface area contributed by atoms with E-state index in [2.05, 4.69) is 20.0 Å². The fourth-order valence-electron chi connectivity index (χ4n) is 2.70. The molecular formula is C20H15F4N3O2. The van der Waals surface area contributed by atoms with Crippen molar-refractivity contribution in [3.8, 4) is 16.9 Å². The number of nitrogens with one attached hydrogen (secondary N) is 1. The quantitative estimate of drug-likeness (QED) is 0.617. The van der Waals surface area contributed by atoms with Gasteiger partial charge in [-0.1, -0.05) is 12.1 Å². The normalized spacial score (nSPS) is 11.2. The lowest BCUT2D eigenvalue weighted by atomic mass is 10.0. The molecule has 0 aliphatic rings. The monoisotopic (exact) mass is 405 g/mol. The number of halogens is 4. The maximum absolute atomic E-state index is 13.6. The van der Waals surface area contributed by atoms with E-state index in [4.69, 9.17) is 0 Å². The highest BCUT2D eigenvalue weighted by atomic mass is 19.4. The maximum atomic E-state index is 13.6. The number of anilines is 1. The zero-order valence-corrected chi connectivity index (χ0v) is 15.3. The highest BCUT2D eigenvalue weighted by Gasteiger charge is 2.31. The van der Waals surface area contributed by atoms with E-state index in [0.29, 0.717) is 16.7 Å². The number of amides is 1. The second-order valence-electron chi connectivity index (χ2n) is 6.21. The van der Waals surface area contributed by atoms with E-state index in [9.17, 15) is 22.4 Å². The molecule has 0 aliphatic carbocycles. The molecule has 9 heteroatoms. The van der Waals surface area contributed by atoms with Gasteiger partial charge >= 0.3 is 6.36 Å². The molecular weight excluding hydrogens is 390 g/mol. The number of ether oxygens (including phenoxy) is 1. The van der Waals surface area contributed by atoms with Crippen LogP contribution in [0.3, 0.4) is 0 Å². The van der Waals surface area contributed by atoms with E-state index >= 15 is 0 Å². The van der Waals surface area contributed by atoms with Gasteiger partial charge in [0.2, 0.25) is 0 Å². The number of aryl methyl sites for hydroxylation is 1. The fraction of sp³-hybridized carbons (Fsp3) is 0.150. The number of nitrogens with zero attached hydrogens (tertiary/aromatic N) is 2. The van der Waals surface area contributed by atoms with Crippen LogP contribution in [0.25, 0.3) is 11.1 Å². The van der Waals surface area contributed by atoms with Crippen LogP contribution in [0.2, 0.25) is 0 Å². The summed E-state index contributed by atoms with van der Waals surface area (Å²) in [5, 5.41) is 2.56. The summed E-state index contributed by atoms with van der Waals surface area (Å²) in [6, 6.07) is 7.06. The van der Waals surface area contributed by atoms with Crippen molar-refractivity contribution in [2.45, 2.75) is 20.2 Å². The Bertz CT molecular complexity index is 1070. The van der Waals surface area contributed by atoms with Gasteiger partial charge in [0.1, 0.15) is 17.4 Å². The van der Waals surface area contributed by atoms with E-state index < -0.39 is 18.1 Å². The van der Waals surface area contributed by atoms with Crippen LogP contribution >= 0.6 is 0 Å². The van der Waals surface area contributed by atoms with Gasteiger partial charge in [0.15, 0.2) is 0 Å². The van der Waals surface area contributed by atoms with Crippen LogP contribution in [0.4, 0.5) is 23.4 Å². The number of aromatic nitrogens is 2. The summed E-state index contributed by atoms with van der Waals surface area (Å²) >= 11 is 0. The van der Waals surface area contributed by atoms with E-state index in [1.54, 1.807) is 19.1 Å². The van der Waals surface area contributed by atoms with Crippen LogP contribution < -0.4 is 10.1 Å². The predicted molar refractivity (Wildman–Crippen MR) is 98.0 cm³/mol. The second kappa shape index (κ2) is 7.86. The molecule has 0 spiro atoms. The third kappa shape index (κ3) is 4.87. The van der Waals surface area contributed by atoms with Gasteiger partial charge in [-0.15, -0.1) is 13.2 Å². The van der Waals surface area contributed by atoms with Crippen molar-refractivity contribution in [2.75, 3.05) is 5.32 Å². The number of carbonyl (C=O) groups excluding carboxylic acids is 1. The highest BCUT2D eigenvalue weighted by Crippen LogP contribution is 2.30. The van der Waals surface area contributed by atoms with Crippen molar-refractivity contribution >= 4 is 11.7 Å². The van der Waals surface area contributed by atoms with Crippen LogP contribution in [0.1, 0.15) is 21.5 Å². The average molecular weight is 405 g/mol. The van der Waals surface area contributed by atoms with Gasteiger partial charge in [-0.25, -0.2) is 9.37 Å². The molecule has 0 radical (unpaired) electrons. The lowest BCUT2D eigenvalue weighted by Gasteiger charge is -2.12. The van der Waals surface area contributed by atoms with E-state index in [0.717, 1.165) is 6.20 Å². The van der Waals surface area contributed by atoms with E-state index in [1.807, 2.05) is 0 Å². The highest BCUT2D eigenvalue weighted by molar-refractivity contribution is 6.04. The van der Waals surface area contributed by atoms with Crippen molar-refractivity contribution in [1.29, 1.82) is 0 Å². The Morgan fingerprint density at radius 2 is 1.86 bits per heavy atom. The third-order valence-corrected chi connectivity index (χ3v) is 4.13. The average Bonchev–Trinajstić information content (AvgIpc) is 2.63. The fourth-order valence-corrected chi connectivity index (χ4v) is 2.70. The Kier molecular flexibility index (Phi) is 5.49. The Morgan fingerprint density at radius 3 is 2.55 bits per heavy atom. The molecule has 3 rings (SSSR count). The first kappa shape index (κ1) is 20.2. The summed E-state index contributed by atoms with van der Waals surface area (Å²) < 4.78 is 54.8. The summed E-state index contributed by atoms with van der Waals surface area (Å²) in [4.78, 5) is 20.1. The first-order chi connectivity index (χ1) is 13.6. The number of carbonyl (C=O) groups is 1. The van der Waals surface area contributed by atoms with Crippen molar-refractivity contribution in [2.24, 2.45) is 0 Å². The second-order valence-corrected chi connectivity index (χ2v) is 6.21. The van der Waals surface area contributed by atoms with Crippen molar-refractivity contribution < 1.29 is 27.1 Å². The van der Waals surface area contributed by atoms with E-state index in [-0.39, 0.29) is 22.7 Å². The minimum absolute atomic E-state index is 0.0746. The molecule has 29 heavy (non-hydrogen) atoms. The van der Waals surface area contributed by atoms with Gasteiger partial charge in [0.25, 0.3) is 5.91 Å². The molecule has 150 valence electrons. The Labute approximate surface area is 163 Å². The molecule has 0 aliphatic heterocycles. The molecule has 5 nitrogen and oxygen atoms in total. The SMILES string of the molecule is Cc1cc(NC(=O)c2cncc(F)c2C)ncc1-c1cccc(OC(F)(F)F)c1. The van der Waals surface area contributed by atoms with Crippen molar-refractivity contribution in [3.05, 3.63) is 71.4 Å². The number of hydrogen-bond donors (Lipinski definition) is 1. The van der Waals surface area contributed by atoms with Crippen LogP contribution in [0, 0.1) is 19.7 Å². The predicted octanol–water partition coefficient (Wildman–Crippen LogP) is 5.05. The smallest absolute Gasteiger partial charge is 0.406 e. The zero-order chi connectivity index (χ0) is 21.2. The summed E-state index contributed by atoms with van der Waals surface area (Å²) in [5.41, 5.74) is 1.94. The number of hydrogen-bond acceptors (Lipinski definition) is 4. The molecule has 0 saturated carbocycles. The van der Waals surface area contributed by atoms with Gasteiger partial charge in [0, 0.05) is 23.5 Å². The Hall–Kier alpha value is -3.49. The standard InChI is InChI=1S/C20H15F4N3O2/c1-11-6-18(27-19(28)16-8-25-10-17(21)12(16)2)26-9-15(11)13-4-3-5-14(7-13)29-20(22,23)24/h3-10H,1-2H3,(H,26,27,28). The van der Waals surface area contributed by atoms with Gasteiger partial charge < -0.3 is 10.1 Å². The molecule has 0 bridgehead atoms. The van der Waals surface area contributed by atoms with Gasteiger partial charge in [-0.3, -0.25) is 9.78 Å². The summed E-state index contributed by atoms with van der Waals surface area (Å²) in [6.45, 7) is 3.18. The number of benzene rings is 1. The zero-order valence-electron chi connectivity index (χ0n) is 15.3. The third-order valence-electron chi connectivity index (χ3n) is 4.13. The molecule has 0 fully saturated rings. The Morgan fingerprint density at radius 1 is 1.10 bits per heavy atom. The minimum Gasteiger partial charge on any atom is -0.406 e. The lowest BCUT2D eigenvalue weighted by molar-refractivity contribution is -0.274. The largest absolute Gasteiger partial charge is 0.573 e. The molecule has 1 N–H and O–H groups in total. The van der Waals surface area contributed by atoms with Crippen LogP contribution in [0.5, 0.6) is 5.75 Å². The van der Waals surface area contributed by atoms with Gasteiger partial charge in [0.05, 0.1) is 11.8 Å². The molecule has 1 aromatic carbocycles. The van der Waals surface area contributed by atoms with Crippen LogP contribution in [0.15, 0.2) is 48.9 Å². The van der Waals surface area contributed by atoms with Gasteiger partial charge in [-0.05, 0) is 43.2 Å². The van der Waals surface area contributed by atoms with Crippen LogP contribution in [-0.4, -0.2) is 22.2 Å². The molecule has 0 atom stereocenters. The first-order valence-electron chi connectivity index (χ1n) is 8.38. The lowest BCUT2D eigenvalue weighted by Crippen LogP contribution is -2.17. The summed E-state index contributed by atoms with van der Waals surface area (Å²) in [6.07, 6.45) is -1.10. The van der Waals surface area contributed by atoms with Crippen LogP contribution in [-0.2, 0) is 0 Å². The number of rotatable bonds is 4. The topological polar surface area (TPSA) is 64.1 Å². The number of alkyl halides is 3. The molecule has 1 amide bonds. The minimum atomic E-state index is -4.79.